The van der Waals surface area contributed by atoms with Crippen LogP contribution in [-0.2, 0) is 9.84 Å². The van der Waals surface area contributed by atoms with Crippen LogP contribution in [0.5, 0.6) is 0 Å². The normalized spacial score (nSPS) is 19.9. The van der Waals surface area contributed by atoms with Gasteiger partial charge in [0, 0.05) is 34.3 Å². The monoisotopic (exact) mass is 377 g/mol. The number of nitrogen functional groups attached to an aromatic ring is 1. The summed E-state index contributed by atoms with van der Waals surface area (Å²) in [6.07, 6.45) is 1.27. The van der Waals surface area contributed by atoms with Crippen LogP contribution in [0.2, 0.25) is 0 Å². The molecule has 0 aliphatic carbocycles. The molecule has 8 heteroatoms. The van der Waals surface area contributed by atoms with Crippen molar-refractivity contribution in [2.24, 2.45) is 5.73 Å². The van der Waals surface area contributed by atoms with Crippen LogP contribution in [0.3, 0.4) is 0 Å². The maximum atomic E-state index is 11.9. The number of hydrogen-bond acceptors (Lipinski definition) is 5. The number of sulfone groups is 1. The van der Waals surface area contributed by atoms with Crippen LogP contribution in [0, 0.1) is 5.41 Å². The summed E-state index contributed by atoms with van der Waals surface area (Å²) in [7, 11) is -3.15. The molecule has 0 spiro atoms. The molecule has 3 N–H and O–H groups in total. The molecule has 1 atom stereocenters. The number of nitrogens with two attached hydrogens (primary N) is 1. The van der Waals surface area contributed by atoms with E-state index in [-0.39, 0.29) is 5.84 Å². The molecule has 2 rings (SSSR count). The number of benzene rings is 1. The lowest BCUT2D eigenvalue weighted by atomic mass is 10.2. The van der Waals surface area contributed by atoms with Crippen molar-refractivity contribution in [1.82, 2.24) is 0 Å². The van der Waals surface area contributed by atoms with Gasteiger partial charge in [-0.15, -0.1) is 0 Å². The molecule has 1 aromatic rings. The first-order valence-corrected chi connectivity index (χ1v) is 9.88. The zero-order chi connectivity index (χ0) is 14.9. The van der Waals surface area contributed by atoms with Crippen molar-refractivity contribution in [2.45, 2.75) is 5.37 Å². The lowest BCUT2D eigenvalue weighted by Gasteiger charge is -2.36. The summed E-state index contributed by atoms with van der Waals surface area (Å²) in [5.74, 6) is 1.46. The Morgan fingerprint density at radius 3 is 2.80 bits per heavy atom. The van der Waals surface area contributed by atoms with Crippen molar-refractivity contribution >= 4 is 49.1 Å². The summed E-state index contributed by atoms with van der Waals surface area (Å²) in [5.41, 5.74) is 6.90. The lowest BCUT2D eigenvalue weighted by Crippen LogP contribution is -2.47. The molecule has 1 aromatic carbocycles. The van der Waals surface area contributed by atoms with E-state index < -0.39 is 15.2 Å². The van der Waals surface area contributed by atoms with Gasteiger partial charge in [-0.1, -0.05) is 0 Å². The highest BCUT2D eigenvalue weighted by Gasteiger charge is 2.32. The fraction of sp³-hybridized carbons (Fsp3) is 0.417. The van der Waals surface area contributed by atoms with Gasteiger partial charge in [0.25, 0.3) is 0 Å². The fourth-order valence-corrected chi connectivity index (χ4v) is 5.56. The van der Waals surface area contributed by atoms with Gasteiger partial charge >= 0.3 is 0 Å². The minimum Gasteiger partial charge on any atom is -0.384 e. The van der Waals surface area contributed by atoms with Gasteiger partial charge in [-0.3, -0.25) is 5.41 Å². The zero-order valence-corrected chi connectivity index (χ0v) is 14.2. The molecule has 5 nitrogen and oxygen atoms in total. The number of nitrogens with zero attached hydrogens (tertiary/aromatic N) is 1. The molecule has 0 amide bonds. The van der Waals surface area contributed by atoms with Gasteiger partial charge in [0.2, 0.25) is 0 Å². The van der Waals surface area contributed by atoms with Gasteiger partial charge in [0.15, 0.2) is 9.84 Å². The summed E-state index contributed by atoms with van der Waals surface area (Å²) in [5, 5.41) is 6.92. The van der Waals surface area contributed by atoms with Crippen LogP contribution in [0.4, 0.5) is 5.69 Å². The fourth-order valence-electron chi connectivity index (χ4n) is 2.12. The highest BCUT2D eigenvalue weighted by atomic mass is 79.9. The largest absolute Gasteiger partial charge is 0.384 e. The molecule has 1 unspecified atom stereocenters. The second-order valence-electron chi connectivity index (χ2n) is 4.63. The number of thioether (sulfide) groups is 1. The summed E-state index contributed by atoms with van der Waals surface area (Å²) < 4.78 is 24.6. The molecule has 0 aromatic heterocycles. The van der Waals surface area contributed by atoms with Crippen molar-refractivity contribution in [3.8, 4) is 0 Å². The van der Waals surface area contributed by atoms with E-state index >= 15 is 0 Å². The van der Waals surface area contributed by atoms with E-state index in [1.165, 1.54) is 6.26 Å². The molecule has 1 fully saturated rings. The van der Waals surface area contributed by atoms with Gasteiger partial charge in [-0.2, -0.15) is 11.8 Å². The van der Waals surface area contributed by atoms with Gasteiger partial charge in [0.1, 0.15) is 11.2 Å². The Morgan fingerprint density at radius 2 is 2.25 bits per heavy atom. The standard InChI is InChI=1S/C12H16BrN3O2S2/c1-20(17,18)11-7-19-5-4-16(11)10-3-2-8(12(14)15)6-9(10)13/h2-3,6,11H,4-5,7H2,1H3,(H3,14,15). The average Bonchev–Trinajstić information content (AvgIpc) is 2.37. The molecule has 0 radical (unpaired) electrons. The van der Waals surface area contributed by atoms with Crippen LogP contribution in [0.1, 0.15) is 5.56 Å². The second-order valence-corrected chi connectivity index (χ2v) is 8.84. The molecule has 0 saturated carbocycles. The predicted molar refractivity (Wildman–Crippen MR) is 88.5 cm³/mol. The Kier molecular flexibility index (Phi) is 4.66. The highest BCUT2D eigenvalue weighted by molar-refractivity contribution is 9.10. The Morgan fingerprint density at radius 1 is 1.55 bits per heavy atom. The molecule has 1 aliphatic heterocycles. The molecule has 1 saturated heterocycles. The third-order valence-electron chi connectivity index (χ3n) is 3.15. The summed E-state index contributed by atoms with van der Waals surface area (Å²) in [6.45, 7) is 0.681. The van der Waals surface area contributed by atoms with Gasteiger partial charge in [-0.25, -0.2) is 8.42 Å². The topological polar surface area (TPSA) is 87.2 Å². The Hall–Kier alpha value is -0.730. The number of anilines is 1. The Bertz CT molecular complexity index is 634. The first-order chi connectivity index (χ1) is 9.30. The average molecular weight is 378 g/mol. The second kappa shape index (κ2) is 5.95. The number of halogens is 1. The van der Waals surface area contributed by atoms with Crippen molar-refractivity contribution in [3.63, 3.8) is 0 Å². The number of nitrogens with one attached hydrogen (secondary N) is 1. The molecular formula is C12H16BrN3O2S2. The quantitative estimate of drug-likeness (QED) is 0.617. The summed E-state index contributed by atoms with van der Waals surface area (Å²) >= 11 is 5.10. The smallest absolute Gasteiger partial charge is 0.169 e. The minimum atomic E-state index is -3.15. The van der Waals surface area contributed by atoms with Crippen molar-refractivity contribution < 1.29 is 8.42 Å². The lowest BCUT2D eigenvalue weighted by molar-refractivity contribution is 0.584. The number of amidine groups is 1. The van der Waals surface area contributed by atoms with Gasteiger partial charge < -0.3 is 10.6 Å². The molecule has 1 heterocycles. The molecule has 1 aliphatic rings. The molecule has 110 valence electrons. The maximum Gasteiger partial charge on any atom is 0.169 e. The van der Waals surface area contributed by atoms with E-state index in [0.717, 1.165) is 15.9 Å². The summed E-state index contributed by atoms with van der Waals surface area (Å²) in [4.78, 5) is 1.90. The minimum absolute atomic E-state index is 0.00823. The summed E-state index contributed by atoms with van der Waals surface area (Å²) in [6, 6.07) is 5.30. The zero-order valence-electron chi connectivity index (χ0n) is 11.0. The highest BCUT2D eigenvalue weighted by Crippen LogP contribution is 2.33. The van der Waals surface area contributed by atoms with E-state index in [0.29, 0.717) is 17.9 Å². The van der Waals surface area contributed by atoms with Gasteiger partial charge in [0.05, 0.1) is 5.69 Å². The van der Waals surface area contributed by atoms with Gasteiger partial charge in [-0.05, 0) is 34.1 Å². The van der Waals surface area contributed by atoms with Crippen molar-refractivity contribution in [2.75, 3.05) is 29.2 Å². The third kappa shape index (κ3) is 3.29. The van der Waals surface area contributed by atoms with E-state index in [2.05, 4.69) is 15.9 Å². The molecule has 20 heavy (non-hydrogen) atoms. The molecular weight excluding hydrogens is 362 g/mol. The third-order valence-corrected chi connectivity index (χ3v) is 6.43. The van der Waals surface area contributed by atoms with Crippen LogP contribution >= 0.6 is 27.7 Å². The Balaban J connectivity index is 2.40. The van der Waals surface area contributed by atoms with E-state index in [9.17, 15) is 8.42 Å². The SMILES string of the molecule is CS(=O)(=O)C1CSCCN1c1ccc(C(=N)N)cc1Br. The number of rotatable bonds is 3. The van der Waals surface area contributed by atoms with Crippen LogP contribution < -0.4 is 10.6 Å². The van der Waals surface area contributed by atoms with Crippen molar-refractivity contribution in [3.05, 3.63) is 28.2 Å². The van der Waals surface area contributed by atoms with E-state index in [1.807, 2.05) is 11.0 Å². The van der Waals surface area contributed by atoms with Crippen LogP contribution in [-0.4, -0.2) is 43.9 Å². The van der Waals surface area contributed by atoms with E-state index in [1.54, 1.807) is 23.9 Å². The van der Waals surface area contributed by atoms with Crippen LogP contribution in [0.15, 0.2) is 22.7 Å². The first kappa shape index (κ1) is 15.7. The predicted octanol–water partition coefficient (Wildman–Crippen LogP) is 1.66. The first-order valence-electron chi connectivity index (χ1n) is 5.98. The number of hydrogen-bond donors (Lipinski definition) is 2. The van der Waals surface area contributed by atoms with E-state index in [4.69, 9.17) is 11.1 Å². The van der Waals surface area contributed by atoms with Crippen LogP contribution in [0.25, 0.3) is 0 Å². The molecule has 0 bridgehead atoms. The van der Waals surface area contributed by atoms with Crippen molar-refractivity contribution in [1.29, 1.82) is 5.41 Å². The Labute approximate surface area is 131 Å². The maximum absolute atomic E-state index is 11.9.